The lowest BCUT2D eigenvalue weighted by Crippen LogP contribution is -2.37. The molecule has 5 aromatic heterocycles. The van der Waals surface area contributed by atoms with Gasteiger partial charge in [-0.2, -0.15) is 0 Å². The lowest BCUT2D eigenvalue weighted by atomic mass is 10.2. The molecule has 0 saturated carbocycles. The molecule has 0 spiro atoms. The van der Waals surface area contributed by atoms with Crippen LogP contribution in [0.3, 0.4) is 0 Å². The van der Waals surface area contributed by atoms with Crippen molar-refractivity contribution in [2.75, 3.05) is 9.03 Å². The van der Waals surface area contributed by atoms with Crippen LogP contribution in [0.25, 0.3) is 11.3 Å². The monoisotopic (exact) mass is 1020 g/mol. The first-order chi connectivity index (χ1) is 29.7. The van der Waals surface area contributed by atoms with Gasteiger partial charge >= 0.3 is 6.09 Å². The van der Waals surface area contributed by atoms with Gasteiger partial charge in [0.2, 0.25) is 11.6 Å². The molecule has 17 nitrogen and oxygen atoms in total. The van der Waals surface area contributed by atoms with Crippen LogP contribution in [0.15, 0.2) is 137 Å². The Labute approximate surface area is 382 Å². The number of hydrogen-bond acceptors (Lipinski definition) is 14. The van der Waals surface area contributed by atoms with Gasteiger partial charge in [0.1, 0.15) is 27.6 Å². The van der Waals surface area contributed by atoms with Gasteiger partial charge in [0.05, 0.1) is 38.2 Å². The van der Waals surface area contributed by atoms with E-state index in [2.05, 4.69) is 55.5 Å². The van der Waals surface area contributed by atoms with Gasteiger partial charge in [0.25, 0.3) is 31.8 Å². The Morgan fingerprint density at radius 3 is 1.84 bits per heavy atom. The third-order valence-corrected chi connectivity index (χ3v) is 13.2. The molecule has 0 fully saturated rings. The maximum Gasteiger partial charge on any atom is 0.427 e. The van der Waals surface area contributed by atoms with E-state index in [0.29, 0.717) is 11.3 Å². The van der Waals surface area contributed by atoms with Gasteiger partial charge in [-0.25, -0.2) is 41.6 Å². The molecule has 0 aliphatic heterocycles. The topological polar surface area (TPSA) is 230 Å². The van der Waals surface area contributed by atoms with E-state index in [1.807, 2.05) is 6.07 Å². The number of halogens is 5. The summed E-state index contributed by atoms with van der Waals surface area (Å²) in [6.45, 7) is 0.0480. The van der Waals surface area contributed by atoms with Crippen LogP contribution in [0.5, 0.6) is 11.8 Å². The van der Waals surface area contributed by atoms with Crippen molar-refractivity contribution in [2.45, 2.75) is 23.0 Å². The van der Waals surface area contributed by atoms with Crippen molar-refractivity contribution in [1.82, 2.24) is 34.9 Å². The molecule has 7 aromatic rings. The summed E-state index contributed by atoms with van der Waals surface area (Å²) in [5.74, 6) is -1.00. The lowest BCUT2D eigenvalue weighted by molar-refractivity contribution is 0.205. The fraction of sp³-hybridized carbons (Fsp3) is 0.0526. The second-order valence-electron chi connectivity index (χ2n) is 12.0. The van der Waals surface area contributed by atoms with Crippen LogP contribution >= 0.6 is 62.3 Å². The van der Waals surface area contributed by atoms with Gasteiger partial charge in [-0.05, 0) is 64.5 Å². The number of nitrogens with zero attached hydrogens (tertiary/aromatic N) is 8. The average molecular weight is 1020 g/mol. The zero-order valence-electron chi connectivity index (χ0n) is 31.1. The van der Waals surface area contributed by atoms with Gasteiger partial charge in [0.15, 0.2) is 0 Å². The Morgan fingerprint density at radius 1 is 0.677 bits per heavy atom. The zero-order valence-corrected chi connectivity index (χ0v) is 37.3. The molecule has 0 aliphatic rings. The largest absolute Gasteiger partial charge is 0.470 e. The number of sulfonamides is 2. The number of rotatable bonds is 13. The quantitative estimate of drug-likeness (QED) is 0.110. The highest BCUT2D eigenvalue weighted by atomic mass is 79.9. The SMILES string of the molecule is O=C(O)N(c1ncc(Br)nc1OCc1cccnc1)S(=O)(=O)c1cccc(Cl)c1Cl.O=S(=O)(Nc1ncc(-c2ccncc2)nc1OCc1cccnc1)c1cccc(Cl)c1Cl. The number of benzene rings is 2. The predicted octanol–water partition coefficient (Wildman–Crippen LogP) is 9.01. The summed E-state index contributed by atoms with van der Waals surface area (Å²) in [4.78, 5) is 39.8. The highest BCUT2D eigenvalue weighted by molar-refractivity contribution is 9.10. The van der Waals surface area contributed by atoms with Crippen LogP contribution in [0, 0.1) is 0 Å². The van der Waals surface area contributed by atoms with E-state index in [9.17, 15) is 26.7 Å². The van der Waals surface area contributed by atoms with E-state index < -0.39 is 36.9 Å². The maximum absolute atomic E-state index is 13.1. The van der Waals surface area contributed by atoms with E-state index in [1.54, 1.807) is 61.3 Å². The normalized spacial score (nSPS) is 11.2. The van der Waals surface area contributed by atoms with Crippen LogP contribution in [-0.2, 0) is 33.3 Å². The Hall–Kier alpha value is -5.74. The molecule has 24 heteroatoms. The fourth-order valence-corrected chi connectivity index (χ4v) is 9.04. The van der Waals surface area contributed by atoms with Crippen LogP contribution in [0.4, 0.5) is 16.4 Å². The van der Waals surface area contributed by atoms with Gasteiger partial charge in [0, 0.05) is 53.9 Å². The Balaban J connectivity index is 0.000000207. The molecule has 1 amide bonds. The second kappa shape index (κ2) is 20.4. The number of carbonyl (C=O) groups is 1. The summed E-state index contributed by atoms with van der Waals surface area (Å²) >= 11 is 27.1. The van der Waals surface area contributed by atoms with Crippen LogP contribution in [0.1, 0.15) is 11.1 Å². The summed E-state index contributed by atoms with van der Waals surface area (Å²) in [6.07, 6.45) is 10.3. The Morgan fingerprint density at radius 2 is 1.26 bits per heavy atom. The van der Waals surface area contributed by atoms with Crippen molar-refractivity contribution in [1.29, 1.82) is 0 Å². The summed E-state index contributed by atoms with van der Waals surface area (Å²) in [7, 11) is -8.84. The number of nitrogens with one attached hydrogen (secondary N) is 1. The smallest absolute Gasteiger partial charge is 0.427 e. The third-order valence-electron chi connectivity index (χ3n) is 7.84. The minimum absolute atomic E-state index is 0.00936. The average Bonchev–Trinajstić information content (AvgIpc) is 3.26. The van der Waals surface area contributed by atoms with Crippen molar-refractivity contribution in [2.24, 2.45) is 0 Å². The van der Waals surface area contributed by atoms with E-state index in [1.165, 1.54) is 42.7 Å². The molecule has 62 heavy (non-hydrogen) atoms. The predicted molar refractivity (Wildman–Crippen MR) is 234 cm³/mol. The van der Waals surface area contributed by atoms with Crippen molar-refractivity contribution < 1.29 is 36.2 Å². The molecule has 0 saturated heterocycles. The van der Waals surface area contributed by atoms with Crippen molar-refractivity contribution >= 4 is 100 Å². The van der Waals surface area contributed by atoms with E-state index >= 15 is 0 Å². The molecule has 2 aromatic carbocycles. The molecular formula is C38H26BrCl4N9O8S2. The van der Waals surface area contributed by atoms with E-state index in [0.717, 1.165) is 23.4 Å². The number of aromatic nitrogens is 7. The van der Waals surface area contributed by atoms with Crippen LogP contribution < -0.4 is 18.5 Å². The van der Waals surface area contributed by atoms with Crippen molar-refractivity contribution in [3.63, 3.8) is 0 Å². The lowest BCUT2D eigenvalue weighted by Gasteiger charge is -2.21. The number of hydrogen-bond donors (Lipinski definition) is 2. The number of pyridine rings is 3. The second-order valence-corrected chi connectivity index (χ2v) is 17.8. The number of amides is 1. The zero-order chi connectivity index (χ0) is 44.4. The Bertz CT molecular complexity index is 2940. The molecule has 0 radical (unpaired) electrons. The first-order valence-electron chi connectivity index (χ1n) is 17.2. The highest BCUT2D eigenvalue weighted by Gasteiger charge is 2.37. The molecule has 0 unspecified atom stereocenters. The fourth-order valence-electron chi connectivity index (χ4n) is 5.02. The standard InChI is InChI=1S/C21H15Cl2N5O3S.C17H11BrCl2N4O5S/c22-16-4-1-5-18(19(16)23)32(29,30)28-20-21(31-13-14-3-2-8-25-11-14)27-17(12-26-20)15-6-9-24-10-7-15;18-13-8-22-15(16(23-13)29-9-10-3-2-6-21-7-10)24(17(25)26)30(27,28)12-5-1-4-11(19)14(12)20/h1-12H,13H2,(H,26,28);1-8H,9H2,(H,25,26). The highest BCUT2D eigenvalue weighted by Crippen LogP contribution is 2.36. The first-order valence-corrected chi connectivity index (χ1v) is 22.4. The van der Waals surface area contributed by atoms with Gasteiger partial charge in [-0.1, -0.05) is 70.7 Å². The molecular weight excluding hydrogens is 996 g/mol. The molecule has 0 atom stereocenters. The van der Waals surface area contributed by atoms with Crippen molar-refractivity contribution in [3.8, 4) is 23.0 Å². The summed E-state index contributed by atoms with van der Waals surface area (Å²) in [5, 5.41) is 9.32. The molecule has 0 bridgehead atoms. The van der Waals surface area contributed by atoms with Crippen LogP contribution in [0.2, 0.25) is 20.1 Å². The van der Waals surface area contributed by atoms with E-state index in [-0.39, 0.29) is 64.7 Å². The van der Waals surface area contributed by atoms with Gasteiger partial charge < -0.3 is 14.6 Å². The molecule has 0 aliphatic carbocycles. The minimum atomic E-state index is -4.72. The number of carboxylic acid groups (broad SMARTS) is 1. The third kappa shape index (κ3) is 11.2. The maximum atomic E-state index is 13.1. The molecule has 318 valence electrons. The van der Waals surface area contributed by atoms with Crippen molar-refractivity contribution in [3.05, 3.63) is 158 Å². The van der Waals surface area contributed by atoms with E-state index in [4.69, 9.17) is 55.9 Å². The molecule has 5 heterocycles. The number of anilines is 2. The number of ether oxygens (including phenoxy) is 2. The summed E-state index contributed by atoms with van der Waals surface area (Å²) in [5.41, 5.74) is 2.64. The molecule has 2 N–H and O–H groups in total. The Kier molecular flexibility index (Phi) is 15.1. The summed E-state index contributed by atoms with van der Waals surface area (Å²) in [6, 6.07) is 18.6. The summed E-state index contributed by atoms with van der Waals surface area (Å²) < 4.78 is 66.1. The van der Waals surface area contributed by atoms with Gasteiger partial charge in [-0.15, -0.1) is 4.31 Å². The first kappa shape index (κ1) is 45.8. The minimum Gasteiger partial charge on any atom is -0.470 e. The van der Waals surface area contributed by atoms with Crippen LogP contribution in [-0.4, -0.2) is 62.9 Å². The molecule has 7 rings (SSSR count). The van der Waals surface area contributed by atoms with Gasteiger partial charge in [-0.3, -0.25) is 19.7 Å².